The van der Waals surface area contributed by atoms with Gasteiger partial charge in [0, 0.05) is 0 Å². The first-order chi connectivity index (χ1) is 17.4. The maximum absolute atomic E-state index is 13.4. The molecule has 0 saturated heterocycles. The van der Waals surface area contributed by atoms with E-state index in [1.54, 1.807) is 12.1 Å². The van der Waals surface area contributed by atoms with Gasteiger partial charge >= 0.3 is 6.09 Å². The van der Waals surface area contributed by atoms with Gasteiger partial charge in [0.1, 0.15) is 18.2 Å². The van der Waals surface area contributed by atoms with Crippen LogP contribution in [-0.2, 0) is 16.1 Å². The summed E-state index contributed by atoms with van der Waals surface area (Å²) in [5.74, 6) is -0.209. The van der Waals surface area contributed by atoms with Crippen molar-refractivity contribution < 1.29 is 23.8 Å². The molecule has 1 heterocycles. The van der Waals surface area contributed by atoms with E-state index in [0.717, 1.165) is 31.2 Å². The molecule has 1 aliphatic rings. The summed E-state index contributed by atoms with van der Waals surface area (Å²) in [7, 11) is 0. The number of benzene rings is 2. The Bertz CT molecular complexity index is 1120. The first-order valence-corrected chi connectivity index (χ1v) is 12.7. The lowest BCUT2D eigenvalue weighted by Crippen LogP contribution is -2.52. The molecule has 1 saturated carbocycles. The van der Waals surface area contributed by atoms with Crippen LogP contribution in [0.1, 0.15) is 69.9 Å². The highest BCUT2D eigenvalue weighted by molar-refractivity contribution is 5.86. The number of aromatic nitrogens is 1. The predicted molar refractivity (Wildman–Crippen MR) is 136 cm³/mol. The fourth-order valence-corrected chi connectivity index (χ4v) is 4.92. The van der Waals surface area contributed by atoms with Crippen molar-refractivity contribution in [3.63, 3.8) is 0 Å². The molecule has 8 nitrogen and oxygen atoms in total. The van der Waals surface area contributed by atoms with Crippen molar-refractivity contribution in [1.29, 1.82) is 0 Å². The lowest BCUT2D eigenvalue weighted by Gasteiger charge is -2.30. The highest BCUT2D eigenvalue weighted by Gasteiger charge is 2.36. The molecule has 3 N–H and O–H groups in total. The first kappa shape index (κ1) is 25.7. The summed E-state index contributed by atoms with van der Waals surface area (Å²) in [6, 6.07) is 15.2. The van der Waals surface area contributed by atoms with Crippen molar-refractivity contribution in [2.45, 2.75) is 77.2 Å². The van der Waals surface area contributed by atoms with Gasteiger partial charge in [-0.1, -0.05) is 69.2 Å². The number of fused-ring (bicyclic) bond motifs is 1. The Kier molecular flexibility index (Phi) is 8.25. The van der Waals surface area contributed by atoms with Crippen molar-refractivity contribution in [3.8, 4) is 0 Å². The van der Waals surface area contributed by atoms with Gasteiger partial charge in [-0.15, -0.1) is 0 Å². The zero-order chi connectivity index (χ0) is 25.5. The zero-order valence-corrected chi connectivity index (χ0v) is 20.9. The largest absolute Gasteiger partial charge is 0.445 e. The number of nitrogens with one attached hydrogen (secondary N) is 2. The number of carbonyl (C=O) groups excluding carboxylic acids is 2. The molecular formula is C28H35N3O5. The van der Waals surface area contributed by atoms with Crippen LogP contribution in [-0.4, -0.2) is 34.2 Å². The fraction of sp³-hybridized carbons (Fsp3) is 0.464. The molecular weight excluding hydrogens is 458 g/mol. The Balaban J connectivity index is 1.44. The molecule has 36 heavy (non-hydrogen) atoms. The fourth-order valence-electron chi connectivity index (χ4n) is 4.92. The van der Waals surface area contributed by atoms with Crippen LogP contribution in [0.25, 0.3) is 11.1 Å². The third kappa shape index (κ3) is 6.43. The van der Waals surface area contributed by atoms with Crippen LogP contribution >= 0.6 is 0 Å². The quantitative estimate of drug-likeness (QED) is 0.365. The Morgan fingerprint density at radius 1 is 1.08 bits per heavy atom. The van der Waals surface area contributed by atoms with Crippen LogP contribution in [0.4, 0.5) is 4.79 Å². The zero-order valence-electron chi connectivity index (χ0n) is 20.9. The molecule has 0 spiro atoms. The molecule has 0 radical (unpaired) electrons. The second-order valence-electron chi connectivity index (χ2n) is 9.97. The summed E-state index contributed by atoms with van der Waals surface area (Å²) in [6.45, 7) is 4.14. The molecule has 3 unspecified atom stereocenters. The number of aliphatic hydroxyl groups excluding tert-OH is 1. The molecule has 3 aromatic rings. The number of aliphatic hydroxyl groups is 1. The topological polar surface area (TPSA) is 114 Å². The number of carbonyl (C=O) groups is 2. The van der Waals surface area contributed by atoms with E-state index in [0.29, 0.717) is 23.9 Å². The van der Waals surface area contributed by atoms with Gasteiger partial charge in [-0.2, -0.15) is 0 Å². The summed E-state index contributed by atoms with van der Waals surface area (Å²) in [4.78, 5) is 30.4. The Labute approximate surface area is 211 Å². The van der Waals surface area contributed by atoms with Crippen LogP contribution in [0.3, 0.4) is 0 Å². The van der Waals surface area contributed by atoms with Crippen LogP contribution < -0.4 is 10.6 Å². The molecule has 8 heteroatoms. The molecule has 2 aromatic carbocycles. The number of amides is 2. The minimum atomic E-state index is -1.13. The van der Waals surface area contributed by atoms with Crippen molar-refractivity contribution in [3.05, 3.63) is 66.1 Å². The molecule has 192 valence electrons. The lowest BCUT2D eigenvalue weighted by atomic mass is 9.81. The number of ether oxygens (including phenoxy) is 1. The van der Waals surface area contributed by atoms with Crippen molar-refractivity contribution >= 4 is 23.1 Å². The highest BCUT2D eigenvalue weighted by atomic mass is 16.5. The normalized spacial score (nSPS) is 17.3. The summed E-state index contributed by atoms with van der Waals surface area (Å²) < 4.78 is 11.1. The van der Waals surface area contributed by atoms with E-state index in [1.165, 1.54) is 0 Å². The number of hydrogen-bond acceptors (Lipinski definition) is 6. The van der Waals surface area contributed by atoms with Crippen LogP contribution in [0.2, 0.25) is 0 Å². The number of alkyl carbamates (subject to hydrolysis) is 1. The maximum Gasteiger partial charge on any atom is 0.408 e. The van der Waals surface area contributed by atoms with Gasteiger partial charge in [0.2, 0.25) is 11.8 Å². The van der Waals surface area contributed by atoms with E-state index in [1.807, 2.05) is 49.4 Å². The molecule has 0 bridgehead atoms. The van der Waals surface area contributed by atoms with Crippen LogP contribution in [0, 0.1) is 5.41 Å². The molecule has 3 atom stereocenters. The number of para-hydroxylation sites is 2. The average Bonchev–Trinajstić information content (AvgIpc) is 3.52. The molecule has 1 fully saturated rings. The van der Waals surface area contributed by atoms with E-state index < -0.39 is 24.3 Å². The summed E-state index contributed by atoms with van der Waals surface area (Å²) in [5, 5.41) is 16.7. The standard InChI is InChI=1S/C28H35N3O5/c1-3-20(24(32)26-30-21-13-7-8-14-23(21)36-26)29-25(33)22(17-28(2)15-9-10-16-28)31-27(34)35-18-19-11-5-4-6-12-19/h4-8,11-14,20,22,24,32H,3,9-10,15-18H2,1-2H3,(H,29,33)(H,31,34). The molecule has 2 amide bonds. The highest BCUT2D eigenvalue weighted by Crippen LogP contribution is 2.41. The Morgan fingerprint density at radius 2 is 1.78 bits per heavy atom. The van der Waals surface area contributed by atoms with E-state index in [-0.39, 0.29) is 23.8 Å². The first-order valence-electron chi connectivity index (χ1n) is 12.7. The minimum Gasteiger partial charge on any atom is -0.445 e. The lowest BCUT2D eigenvalue weighted by molar-refractivity contribution is -0.125. The van der Waals surface area contributed by atoms with Crippen LogP contribution in [0.5, 0.6) is 0 Å². The molecule has 4 rings (SSSR count). The van der Waals surface area contributed by atoms with Crippen molar-refractivity contribution in [1.82, 2.24) is 15.6 Å². The maximum atomic E-state index is 13.4. The summed E-state index contributed by atoms with van der Waals surface area (Å²) in [6.07, 6.45) is 3.39. The van der Waals surface area contributed by atoms with Gasteiger partial charge in [-0.3, -0.25) is 4.79 Å². The van der Waals surface area contributed by atoms with Crippen molar-refractivity contribution in [2.24, 2.45) is 5.41 Å². The Morgan fingerprint density at radius 3 is 2.47 bits per heavy atom. The third-order valence-corrected chi connectivity index (χ3v) is 7.04. The van der Waals surface area contributed by atoms with Gasteiger partial charge in [-0.05, 0) is 48.8 Å². The van der Waals surface area contributed by atoms with Crippen molar-refractivity contribution in [2.75, 3.05) is 0 Å². The number of hydrogen-bond donors (Lipinski definition) is 3. The molecule has 1 aliphatic carbocycles. The second-order valence-corrected chi connectivity index (χ2v) is 9.97. The van der Waals surface area contributed by atoms with Gasteiger partial charge < -0.3 is 24.9 Å². The second kappa shape index (κ2) is 11.6. The third-order valence-electron chi connectivity index (χ3n) is 7.04. The smallest absolute Gasteiger partial charge is 0.408 e. The summed E-state index contributed by atoms with van der Waals surface area (Å²) >= 11 is 0. The van der Waals surface area contributed by atoms with E-state index in [2.05, 4.69) is 22.5 Å². The predicted octanol–water partition coefficient (Wildman–Crippen LogP) is 5.02. The molecule has 1 aromatic heterocycles. The monoisotopic (exact) mass is 493 g/mol. The van der Waals surface area contributed by atoms with Gasteiger partial charge in [0.05, 0.1) is 6.04 Å². The van der Waals surface area contributed by atoms with E-state index >= 15 is 0 Å². The SMILES string of the molecule is CCC(NC(=O)C(CC1(C)CCCC1)NC(=O)OCc1ccccc1)C(O)c1nc2ccccc2o1. The van der Waals surface area contributed by atoms with Gasteiger partial charge in [0.25, 0.3) is 0 Å². The molecule has 0 aliphatic heterocycles. The van der Waals surface area contributed by atoms with Gasteiger partial charge in [0.15, 0.2) is 11.7 Å². The summed E-state index contributed by atoms with van der Waals surface area (Å²) in [5.41, 5.74) is 2.03. The van der Waals surface area contributed by atoms with E-state index in [4.69, 9.17) is 9.15 Å². The number of oxazole rings is 1. The van der Waals surface area contributed by atoms with Gasteiger partial charge in [-0.25, -0.2) is 9.78 Å². The number of rotatable bonds is 10. The van der Waals surface area contributed by atoms with E-state index in [9.17, 15) is 14.7 Å². The average molecular weight is 494 g/mol. The minimum absolute atomic E-state index is 0.0463. The number of nitrogens with zero attached hydrogens (tertiary/aromatic N) is 1. The Hall–Kier alpha value is -3.39. The van der Waals surface area contributed by atoms with Crippen LogP contribution in [0.15, 0.2) is 59.0 Å².